The predicted octanol–water partition coefficient (Wildman–Crippen LogP) is 0.814. The first kappa shape index (κ1) is 10.4. The van der Waals surface area contributed by atoms with E-state index in [4.69, 9.17) is 9.84 Å². The Morgan fingerprint density at radius 2 is 2.09 bits per heavy atom. The SMILES string of the molecule is CCOC(=O)C(CO)C(C)C. The maximum Gasteiger partial charge on any atom is 0.311 e. The van der Waals surface area contributed by atoms with Crippen LogP contribution in [0.15, 0.2) is 0 Å². The molecule has 0 aliphatic rings. The molecule has 3 heteroatoms. The molecule has 1 N–H and O–H groups in total. The summed E-state index contributed by atoms with van der Waals surface area (Å²) in [4.78, 5) is 11.0. The number of rotatable bonds is 4. The molecule has 1 unspecified atom stereocenters. The molecule has 0 heterocycles. The molecular formula is C8H16O3. The highest BCUT2D eigenvalue weighted by molar-refractivity contribution is 5.72. The first-order chi connectivity index (χ1) is 5.13. The van der Waals surface area contributed by atoms with Crippen molar-refractivity contribution in [3.8, 4) is 0 Å². The maximum absolute atomic E-state index is 11.0. The summed E-state index contributed by atoms with van der Waals surface area (Å²) >= 11 is 0. The molecule has 11 heavy (non-hydrogen) atoms. The molecule has 0 aliphatic carbocycles. The molecule has 0 aliphatic heterocycles. The van der Waals surface area contributed by atoms with Crippen molar-refractivity contribution in [2.75, 3.05) is 13.2 Å². The van der Waals surface area contributed by atoms with E-state index in [1.807, 2.05) is 13.8 Å². The Morgan fingerprint density at radius 3 is 2.36 bits per heavy atom. The second kappa shape index (κ2) is 5.13. The zero-order valence-corrected chi connectivity index (χ0v) is 7.33. The van der Waals surface area contributed by atoms with E-state index < -0.39 is 0 Å². The van der Waals surface area contributed by atoms with Crippen LogP contribution < -0.4 is 0 Å². The van der Waals surface area contributed by atoms with Crippen LogP contribution in [0.1, 0.15) is 20.8 Å². The summed E-state index contributed by atoms with van der Waals surface area (Å²) < 4.78 is 4.76. The van der Waals surface area contributed by atoms with Crippen molar-refractivity contribution in [3.05, 3.63) is 0 Å². The molecule has 0 rings (SSSR count). The Labute approximate surface area is 67.4 Å². The van der Waals surface area contributed by atoms with Crippen molar-refractivity contribution in [2.45, 2.75) is 20.8 Å². The molecule has 0 spiro atoms. The zero-order valence-electron chi connectivity index (χ0n) is 7.33. The molecule has 0 aromatic rings. The summed E-state index contributed by atoms with van der Waals surface area (Å²) in [5, 5.41) is 8.79. The third-order valence-corrected chi connectivity index (χ3v) is 1.59. The van der Waals surface area contributed by atoms with Crippen molar-refractivity contribution in [2.24, 2.45) is 11.8 Å². The van der Waals surface area contributed by atoms with E-state index >= 15 is 0 Å². The third-order valence-electron chi connectivity index (χ3n) is 1.59. The van der Waals surface area contributed by atoms with Crippen LogP contribution in [0, 0.1) is 11.8 Å². The van der Waals surface area contributed by atoms with Crippen LogP contribution in [0.2, 0.25) is 0 Å². The highest BCUT2D eigenvalue weighted by Gasteiger charge is 2.21. The fraction of sp³-hybridized carbons (Fsp3) is 0.875. The van der Waals surface area contributed by atoms with Crippen molar-refractivity contribution in [1.82, 2.24) is 0 Å². The minimum absolute atomic E-state index is 0.128. The molecule has 0 fully saturated rings. The van der Waals surface area contributed by atoms with Crippen molar-refractivity contribution in [1.29, 1.82) is 0 Å². The van der Waals surface area contributed by atoms with E-state index in [-0.39, 0.29) is 24.4 Å². The van der Waals surface area contributed by atoms with Gasteiger partial charge in [0.05, 0.1) is 19.1 Å². The molecule has 0 aromatic carbocycles. The Kier molecular flexibility index (Phi) is 4.86. The van der Waals surface area contributed by atoms with Crippen molar-refractivity contribution in [3.63, 3.8) is 0 Å². The van der Waals surface area contributed by atoms with Gasteiger partial charge in [-0.1, -0.05) is 13.8 Å². The fourth-order valence-corrected chi connectivity index (χ4v) is 0.807. The number of hydrogen-bond donors (Lipinski definition) is 1. The molecule has 66 valence electrons. The van der Waals surface area contributed by atoms with Gasteiger partial charge in [-0.25, -0.2) is 0 Å². The van der Waals surface area contributed by atoms with Crippen LogP contribution in [0.3, 0.4) is 0 Å². The Bertz CT molecular complexity index is 121. The van der Waals surface area contributed by atoms with Crippen LogP contribution in [-0.2, 0) is 9.53 Å². The second-order valence-electron chi connectivity index (χ2n) is 2.79. The number of carbonyl (C=O) groups is 1. The van der Waals surface area contributed by atoms with Gasteiger partial charge in [-0.05, 0) is 12.8 Å². The van der Waals surface area contributed by atoms with Crippen LogP contribution in [-0.4, -0.2) is 24.3 Å². The summed E-state index contributed by atoms with van der Waals surface area (Å²) in [6.45, 7) is 5.78. The number of esters is 1. The Balaban J connectivity index is 3.92. The normalized spacial score (nSPS) is 13.2. The summed E-state index contributed by atoms with van der Waals surface area (Å²) in [5.74, 6) is -0.529. The predicted molar refractivity (Wildman–Crippen MR) is 42.0 cm³/mol. The van der Waals surface area contributed by atoms with E-state index in [0.717, 1.165) is 0 Å². The van der Waals surface area contributed by atoms with E-state index in [0.29, 0.717) is 6.61 Å². The van der Waals surface area contributed by atoms with E-state index in [1.165, 1.54) is 0 Å². The van der Waals surface area contributed by atoms with Crippen LogP contribution in [0.4, 0.5) is 0 Å². The molecule has 3 nitrogen and oxygen atoms in total. The van der Waals surface area contributed by atoms with Gasteiger partial charge in [0, 0.05) is 0 Å². The van der Waals surface area contributed by atoms with Gasteiger partial charge < -0.3 is 9.84 Å². The third kappa shape index (κ3) is 3.37. The highest BCUT2D eigenvalue weighted by Crippen LogP contribution is 2.11. The summed E-state index contributed by atoms with van der Waals surface area (Å²) in [5.41, 5.74) is 0. The van der Waals surface area contributed by atoms with Gasteiger partial charge in [0.25, 0.3) is 0 Å². The second-order valence-corrected chi connectivity index (χ2v) is 2.79. The lowest BCUT2D eigenvalue weighted by atomic mass is 9.97. The van der Waals surface area contributed by atoms with Crippen molar-refractivity contribution >= 4 is 5.97 Å². The first-order valence-corrected chi connectivity index (χ1v) is 3.91. The standard InChI is InChI=1S/C8H16O3/c1-4-11-8(10)7(5-9)6(2)3/h6-7,9H,4-5H2,1-3H3. The zero-order chi connectivity index (χ0) is 8.85. The minimum atomic E-state index is -0.366. The maximum atomic E-state index is 11.0. The van der Waals surface area contributed by atoms with Crippen LogP contribution >= 0.6 is 0 Å². The van der Waals surface area contributed by atoms with E-state index in [9.17, 15) is 4.79 Å². The quantitative estimate of drug-likeness (QED) is 0.619. The minimum Gasteiger partial charge on any atom is -0.466 e. The lowest BCUT2D eigenvalue weighted by Crippen LogP contribution is -2.25. The lowest BCUT2D eigenvalue weighted by molar-refractivity contribution is -0.151. The molecule has 0 saturated carbocycles. The Morgan fingerprint density at radius 1 is 1.55 bits per heavy atom. The van der Waals surface area contributed by atoms with Gasteiger partial charge in [-0.3, -0.25) is 4.79 Å². The van der Waals surface area contributed by atoms with Crippen molar-refractivity contribution < 1.29 is 14.6 Å². The van der Waals surface area contributed by atoms with Gasteiger partial charge in [0.15, 0.2) is 0 Å². The van der Waals surface area contributed by atoms with Gasteiger partial charge in [0.1, 0.15) is 0 Å². The monoisotopic (exact) mass is 160 g/mol. The average molecular weight is 160 g/mol. The first-order valence-electron chi connectivity index (χ1n) is 3.91. The van der Waals surface area contributed by atoms with Gasteiger partial charge in [-0.2, -0.15) is 0 Å². The highest BCUT2D eigenvalue weighted by atomic mass is 16.5. The largest absolute Gasteiger partial charge is 0.466 e. The van der Waals surface area contributed by atoms with E-state index in [2.05, 4.69) is 0 Å². The fourth-order valence-electron chi connectivity index (χ4n) is 0.807. The smallest absolute Gasteiger partial charge is 0.311 e. The number of aliphatic hydroxyl groups excluding tert-OH is 1. The molecule has 0 radical (unpaired) electrons. The topological polar surface area (TPSA) is 46.5 Å². The number of carbonyl (C=O) groups excluding carboxylic acids is 1. The summed E-state index contributed by atoms with van der Waals surface area (Å²) in [7, 11) is 0. The molecular weight excluding hydrogens is 144 g/mol. The average Bonchev–Trinajstić information content (AvgIpc) is 1.88. The van der Waals surface area contributed by atoms with Gasteiger partial charge in [0.2, 0.25) is 0 Å². The molecule has 0 bridgehead atoms. The van der Waals surface area contributed by atoms with E-state index in [1.54, 1.807) is 6.92 Å². The molecule has 0 amide bonds. The van der Waals surface area contributed by atoms with Crippen LogP contribution in [0.5, 0.6) is 0 Å². The Hall–Kier alpha value is -0.570. The molecule has 1 atom stereocenters. The van der Waals surface area contributed by atoms with Crippen LogP contribution in [0.25, 0.3) is 0 Å². The summed E-state index contributed by atoms with van der Waals surface area (Å²) in [6, 6.07) is 0. The number of hydrogen-bond acceptors (Lipinski definition) is 3. The number of aliphatic hydroxyl groups is 1. The lowest BCUT2D eigenvalue weighted by Gasteiger charge is -2.15. The van der Waals surface area contributed by atoms with Gasteiger partial charge in [-0.15, -0.1) is 0 Å². The molecule has 0 saturated heterocycles. The summed E-state index contributed by atoms with van der Waals surface area (Å²) in [6.07, 6.45) is 0. The molecule has 0 aromatic heterocycles. The van der Waals surface area contributed by atoms with Gasteiger partial charge >= 0.3 is 5.97 Å². The number of ether oxygens (including phenoxy) is 1.